The van der Waals surface area contributed by atoms with Gasteiger partial charge in [0.05, 0.1) is 13.0 Å². The van der Waals surface area contributed by atoms with Gasteiger partial charge in [0.1, 0.15) is 0 Å². The van der Waals surface area contributed by atoms with Gasteiger partial charge in [0.25, 0.3) is 11.8 Å². The molecule has 2 N–H and O–H groups in total. The molecule has 0 aromatic carbocycles. The van der Waals surface area contributed by atoms with E-state index in [-0.39, 0.29) is 50.6 Å². The number of imide groups is 1. The van der Waals surface area contributed by atoms with Crippen LogP contribution in [0.15, 0.2) is 0 Å². The Hall–Kier alpha value is -2.49. The molecule has 10 nitrogen and oxygen atoms in total. The molecule has 0 bridgehead atoms. The Morgan fingerprint density at radius 1 is 1.03 bits per heavy atom. The minimum Gasteiger partial charge on any atom is -0.355 e. The van der Waals surface area contributed by atoms with Crippen molar-refractivity contribution >= 4 is 29.6 Å². The lowest BCUT2D eigenvalue weighted by Gasteiger charge is -2.23. The average Bonchev–Trinajstić information content (AvgIpc) is 3.23. The summed E-state index contributed by atoms with van der Waals surface area (Å²) < 4.78 is 0. The second kappa shape index (κ2) is 11.5. The smallest absolute Gasteiger partial charge is 0.334 e. The number of hydrogen-bond donors (Lipinski definition) is 2. The molecule has 4 amide bonds. The first-order valence-corrected chi connectivity index (χ1v) is 10.2. The predicted molar refractivity (Wildman–Crippen MR) is 102 cm³/mol. The molecule has 1 unspecified atom stereocenters. The number of amides is 4. The van der Waals surface area contributed by atoms with E-state index in [1.165, 1.54) is 0 Å². The molecule has 0 aliphatic carbocycles. The molecule has 0 aromatic rings. The Balaban J connectivity index is 1.54. The molecule has 29 heavy (non-hydrogen) atoms. The first kappa shape index (κ1) is 22.8. The Morgan fingerprint density at radius 2 is 1.69 bits per heavy atom. The van der Waals surface area contributed by atoms with Crippen molar-refractivity contribution in [2.45, 2.75) is 64.3 Å². The van der Waals surface area contributed by atoms with Crippen molar-refractivity contribution in [3.63, 3.8) is 0 Å². The maximum Gasteiger partial charge on any atom is 0.334 e. The van der Waals surface area contributed by atoms with Crippen LogP contribution in [0.3, 0.4) is 0 Å². The van der Waals surface area contributed by atoms with Crippen LogP contribution >= 0.6 is 0 Å². The molecule has 0 radical (unpaired) electrons. The second-order valence-electron chi connectivity index (χ2n) is 7.30. The first-order chi connectivity index (χ1) is 13.9. The predicted octanol–water partition coefficient (Wildman–Crippen LogP) is -0.129. The van der Waals surface area contributed by atoms with E-state index in [0.29, 0.717) is 17.6 Å². The summed E-state index contributed by atoms with van der Waals surface area (Å²) in [5.74, 6) is -2.26. The van der Waals surface area contributed by atoms with Crippen LogP contribution < -0.4 is 10.6 Å². The van der Waals surface area contributed by atoms with Gasteiger partial charge in [-0.1, -0.05) is 13.3 Å². The Labute approximate surface area is 170 Å². The van der Waals surface area contributed by atoms with Crippen molar-refractivity contribution in [2.75, 3.05) is 26.2 Å². The molecule has 2 fully saturated rings. The van der Waals surface area contributed by atoms with Gasteiger partial charge in [-0.2, -0.15) is 0 Å². The molecule has 10 heteroatoms. The van der Waals surface area contributed by atoms with Gasteiger partial charge in [-0.25, -0.2) is 4.79 Å². The topological polar surface area (TPSA) is 125 Å². The number of hydrogen-bond acceptors (Lipinski definition) is 7. The molecule has 0 spiro atoms. The normalized spacial score (nSPS) is 19.5. The highest BCUT2D eigenvalue weighted by atomic mass is 16.8. The molecular formula is C19H30N4O6. The average molecular weight is 419 g/mol. The molecule has 2 aliphatic heterocycles. The van der Waals surface area contributed by atoms with Gasteiger partial charge in [0, 0.05) is 38.4 Å². The maximum atomic E-state index is 12.0. The fourth-order valence-electron chi connectivity index (χ4n) is 3.52. The lowest BCUT2D eigenvalue weighted by Crippen LogP contribution is -2.41. The minimum absolute atomic E-state index is 0.0221. The summed E-state index contributed by atoms with van der Waals surface area (Å²) in [4.78, 5) is 65.1. The summed E-state index contributed by atoms with van der Waals surface area (Å²) in [6.07, 6.45) is 4.44. The van der Waals surface area contributed by atoms with Gasteiger partial charge in [0.2, 0.25) is 11.8 Å². The van der Waals surface area contributed by atoms with Crippen molar-refractivity contribution < 1.29 is 28.8 Å². The minimum atomic E-state index is -0.769. The Kier molecular flexibility index (Phi) is 9.04. The van der Waals surface area contributed by atoms with Gasteiger partial charge in [-0.05, 0) is 25.8 Å². The third kappa shape index (κ3) is 7.45. The van der Waals surface area contributed by atoms with Crippen molar-refractivity contribution in [1.29, 1.82) is 0 Å². The van der Waals surface area contributed by atoms with Crippen molar-refractivity contribution in [1.82, 2.24) is 20.6 Å². The van der Waals surface area contributed by atoms with Crippen LogP contribution in [0.2, 0.25) is 0 Å². The molecule has 162 valence electrons. The van der Waals surface area contributed by atoms with Crippen LogP contribution in [0, 0.1) is 0 Å². The van der Waals surface area contributed by atoms with Gasteiger partial charge >= 0.3 is 5.97 Å². The molecule has 2 saturated heterocycles. The number of likely N-dealkylation sites (tertiary alicyclic amines) is 1. The molecule has 2 rings (SSSR count). The van der Waals surface area contributed by atoms with E-state index in [1.54, 1.807) is 0 Å². The van der Waals surface area contributed by atoms with Crippen LogP contribution in [0.5, 0.6) is 0 Å². The third-order valence-electron chi connectivity index (χ3n) is 4.99. The molecule has 0 saturated carbocycles. The molecular weight excluding hydrogens is 389 g/mol. The lowest BCUT2D eigenvalue weighted by atomic mass is 10.3. The summed E-state index contributed by atoms with van der Waals surface area (Å²) >= 11 is 0. The van der Waals surface area contributed by atoms with Crippen molar-refractivity contribution in [3.8, 4) is 0 Å². The van der Waals surface area contributed by atoms with E-state index in [9.17, 15) is 24.0 Å². The zero-order chi connectivity index (χ0) is 21.2. The Morgan fingerprint density at radius 3 is 2.38 bits per heavy atom. The van der Waals surface area contributed by atoms with Gasteiger partial charge in [0.15, 0.2) is 0 Å². The van der Waals surface area contributed by atoms with E-state index < -0.39 is 17.8 Å². The standard InChI is InChI=1S/C19H30N4O6/c1-2-4-14-5-3-12-22(14)13-16(25)21-10-8-15(24)20-11-9-19(28)29-23-17(26)6-7-18(23)27/h14H,2-13H2,1H3,(H,20,24)(H,21,25)/i1+1,2+1,4+1,9+1,11+1,13+1,16+1,19+1,20+1. The van der Waals surface area contributed by atoms with Gasteiger partial charge in [-0.15, -0.1) is 5.06 Å². The SMILES string of the molecule is [13CH3][13CH2][13CH2]C1CCCN1[13CH2][13C](=O)NCCC(=O)[15NH][13CH2][13CH2][13C](=O)ON1C(=O)CCC1=O. The summed E-state index contributed by atoms with van der Waals surface area (Å²) in [6.45, 7) is 3.67. The number of carbonyl (C=O) groups excluding carboxylic acids is 5. The van der Waals surface area contributed by atoms with E-state index >= 15 is 0 Å². The molecule has 2 aliphatic rings. The largest absolute Gasteiger partial charge is 0.355 e. The van der Waals surface area contributed by atoms with Crippen molar-refractivity contribution in [2.24, 2.45) is 0 Å². The van der Waals surface area contributed by atoms with Crippen LogP contribution in [-0.4, -0.2) is 71.8 Å². The third-order valence-corrected chi connectivity index (χ3v) is 4.99. The summed E-state index contributed by atoms with van der Waals surface area (Å²) in [6, 6.07) is 0.472. The van der Waals surface area contributed by atoms with Gasteiger partial charge < -0.3 is 15.5 Å². The number of nitrogens with zero attached hydrogens (tertiary/aromatic N) is 2. The maximum absolute atomic E-state index is 12.0. The number of rotatable bonds is 11. The van der Waals surface area contributed by atoms with Crippen LogP contribution in [0.4, 0.5) is 0 Å². The zero-order valence-corrected chi connectivity index (χ0v) is 16.9. The highest BCUT2D eigenvalue weighted by Gasteiger charge is 2.32. The quantitative estimate of drug-likeness (QED) is 0.272. The summed E-state index contributed by atoms with van der Waals surface area (Å²) in [7, 11) is 0. The van der Waals surface area contributed by atoms with Crippen molar-refractivity contribution in [3.05, 3.63) is 0 Å². The highest BCUT2D eigenvalue weighted by Crippen LogP contribution is 2.20. The van der Waals surface area contributed by atoms with E-state index in [1.807, 2.05) is 0 Å². The summed E-state index contributed by atoms with van der Waals surface area (Å²) in [5, 5.41) is 5.76. The fraction of sp³-hybridized carbons (Fsp3) is 0.737. The van der Waals surface area contributed by atoms with Gasteiger partial charge in [-0.3, -0.25) is 24.1 Å². The van der Waals surface area contributed by atoms with E-state index in [0.717, 1.165) is 32.2 Å². The second-order valence-corrected chi connectivity index (χ2v) is 7.30. The fourth-order valence-corrected chi connectivity index (χ4v) is 3.52. The number of hydroxylamine groups is 2. The van der Waals surface area contributed by atoms with E-state index in [4.69, 9.17) is 4.84 Å². The molecule has 0 aromatic heterocycles. The first-order valence-electron chi connectivity index (χ1n) is 10.2. The highest BCUT2D eigenvalue weighted by molar-refractivity contribution is 6.01. The summed E-state index contributed by atoms with van der Waals surface area (Å²) in [5.41, 5.74) is 0. The number of carbonyl (C=O) groups is 5. The monoisotopic (exact) mass is 419 g/mol. The number of nitrogens with one attached hydrogen (secondary N) is 2. The van der Waals surface area contributed by atoms with E-state index in [2.05, 4.69) is 22.5 Å². The van der Waals surface area contributed by atoms with Crippen LogP contribution in [0.1, 0.15) is 58.3 Å². The lowest BCUT2D eigenvalue weighted by molar-refractivity contribution is -0.197. The Bertz CT molecular complexity index is 622. The zero-order valence-electron chi connectivity index (χ0n) is 16.9. The van der Waals surface area contributed by atoms with Crippen LogP contribution in [0.25, 0.3) is 0 Å². The molecule has 1 atom stereocenters. The molecule has 2 heterocycles. The van der Waals surface area contributed by atoms with Crippen LogP contribution in [-0.2, 0) is 28.8 Å².